The van der Waals surface area contributed by atoms with Crippen LogP contribution in [-0.2, 0) is 4.79 Å². The predicted molar refractivity (Wildman–Crippen MR) is 150 cm³/mol. The zero-order valence-corrected chi connectivity index (χ0v) is 22.8. The number of hydrogen-bond acceptors (Lipinski definition) is 7. The molecule has 0 aliphatic carbocycles. The molecule has 0 bridgehead atoms. The molecule has 36 heavy (non-hydrogen) atoms. The average molecular weight is 541 g/mol. The van der Waals surface area contributed by atoms with E-state index in [0.717, 1.165) is 12.1 Å². The van der Waals surface area contributed by atoms with Gasteiger partial charge in [-0.25, -0.2) is 4.98 Å². The SMILES string of the molecule is CCOc1ccccc1-n1c(=S)sc2c(=O)n(-c3ccccc3)c(SCC(=O)NCCC(C)C)nc21. The molecule has 188 valence electrons. The van der Waals surface area contributed by atoms with Crippen molar-refractivity contribution >= 4 is 51.6 Å². The van der Waals surface area contributed by atoms with E-state index in [1.807, 2.05) is 61.5 Å². The van der Waals surface area contributed by atoms with E-state index in [-0.39, 0.29) is 17.2 Å². The summed E-state index contributed by atoms with van der Waals surface area (Å²) in [6.07, 6.45) is 0.908. The lowest BCUT2D eigenvalue weighted by atomic mass is 10.1. The Balaban J connectivity index is 1.82. The number of hydrogen-bond donors (Lipinski definition) is 1. The van der Waals surface area contributed by atoms with E-state index in [1.54, 1.807) is 9.13 Å². The highest BCUT2D eigenvalue weighted by atomic mass is 32.2. The van der Waals surface area contributed by atoms with Gasteiger partial charge in [0, 0.05) is 6.54 Å². The number of nitrogens with one attached hydrogen (secondary N) is 1. The maximum absolute atomic E-state index is 13.8. The van der Waals surface area contributed by atoms with Gasteiger partial charge in [0.05, 0.1) is 23.7 Å². The van der Waals surface area contributed by atoms with Crippen molar-refractivity contribution in [3.63, 3.8) is 0 Å². The molecule has 0 aliphatic heterocycles. The van der Waals surface area contributed by atoms with Gasteiger partial charge in [-0.3, -0.25) is 18.7 Å². The van der Waals surface area contributed by atoms with Crippen molar-refractivity contribution in [2.45, 2.75) is 32.3 Å². The number of fused-ring (bicyclic) bond motifs is 1. The Kier molecular flexibility index (Phi) is 8.60. The van der Waals surface area contributed by atoms with Crippen LogP contribution in [0.4, 0.5) is 0 Å². The van der Waals surface area contributed by atoms with Crippen molar-refractivity contribution in [1.82, 2.24) is 19.4 Å². The summed E-state index contributed by atoms with van der Waals surface area (Å²) in [6.45, 7) is 7.26. The number of ether oxygens (including phenoxy) is 1. The minimum absolute atomic E-state index is 0.0987. The highest BCUT2D eigenvalue weighted by Crippen LogP contribution is 2.31. The van der Waals surface area contributed by atoms with Gasteiger partial charge in [-0.15, -0.1) is 0 Å². The second kappa shape index (κ2) is 11.9. The van der Waals surface area contributed by atoms with Crippen molar-refractivity contribution in [2.24, 2.45) is 5.92 Å². The van der Waals surface area contributed by atoms with E-state index >= 15 is 0 Å². The molecule has 0 atom stereocenters. The predicted octanol–water partition coefficient (Wildman–Crippen LogP) is 5.62. The van der Waals surface area contributed by atoms with Crippen molar-refractivity contribution in [3.8, 4) is 17.1 Å². The maximum Gasteiger partial charge on any atom is 0.278 e. The zero-order chi connectivity index (χ0) is 25.7. The van der Waals surface area contributed by atoms with Gasteiger partial charge < -0.3 is 10.1 Å². The van der Waals surface area contributed by atoms with E-state index in [2.05, 4.69) is 19.2 Å². The quantitative estimate of drug-likeness (QED) is 0.160. The maximum atomic E-state index is 13.8. The second-order valence-corrected chi connectivity index (χ2v) is 11.0. The number of aromatic nitrogens is 3. The summed E-state index contributed by atoms with van der Waals surface area (Å²) >= 11 is 8.14. The van der Waals surface area contributed by atoms with Gasteiger partial charge in [-0.2, -0.15) is 0 Å². The first kappa shape index (κ1) is 26.1. The van der Waals surface area contributed by atoms with E-state index in [1.165, 1.54) is 23.1 Å². The first-order chi connectivity index (χ1) is 17.4. The number of para-hydroxylation sites is 3. The first-order valence-corrected chi connectivity index (χ1v) is 14.0. The summed E-state index contributed by atoms with van der Waals surface area (Å²) in [6, 6.07) is 16.9. The summed E-state index contributed by atoms with van der Waals surface area (Å²) in [5, 5.41) is 3.37. The number of carbonyl (C=O) groups excluding carboxylic acids is 1. The topological polar surface area (TPSA) is 78.1 Å². The molecule has 0 saturated heterocycles. The lowest BCUT2D eigenvalue weighted by Gasteiger charge is -2.14. The van der Waals surface area contributed by atoms with Crippen LogP contribution in [-0.4, -0.2) is 38.9 Å². The monoisotopic (exact) mass is 540 g/mol. The molecule has 4 rings (SSSR count). The van der Waals surface area contributed by atoms with Crippen LogP contribution in [0.5, 0.6) is 5.75 Å². The highest BCUT2D eigenvalue weighted by molar-refractivity contribution is 7.99. The van der Waals surface area contributed by atoms with Gasteiger partial charge in [0.15, 0.2) is 14.8 Å². The Morgan fingerprint density at radius 1 is 1.14 bits per heavy atom. The smallest absolute Gasteiger partial charge is 0.278 e. The third kappa shape index (κ3) is 5.71. The van der Waals surface area contributed by atoms with Crippen LogP contribution in [0.2, 0.25) is 0 Å². The molecule has 0 spiro atoms. The summed E-state index contributed by atoms with van der Waals surface area (Å²) in [7, 11) is 0. The van der Waals surface area contributed by atoms with E-state index < -0.39 is 0 Å². The Morgan fingerprint density at radius 2 is 1.86 bits per heavy atom. The molecule has 0 aliphatic rings. The molecule has 1 N–H and O–H groups in total. The van der Waals surface area contributed by atoms with Crippen molar-refractivity contribution < 1.29 is 9.53 Å². The van der Waals surface area contributed by atoms with Crippen molar-refractivity contribution in [2.75, 3.05) is 18.9 Å². The summed E-state index contributed by atoms with van der Waals surface area (Å²) in [5.41, 5.74) is 1.64. The number of thiazole rings is 1. The van der Waals surface area contributed by atoms with Gasteiger partial charge in [0.1, 0.15) is 10.4 Å². The fraction of sp³-hybridized carbons (Fsp3) is 0.308. The second-order valence-electron chi connectivity index (χ2n) is 8.45. The number of carbonyl (C=O) groups is 1. The van der Waals surface area contributed by atoms with E-state index in [0.29, 0.717) is 50.0 Å². The van der Waals surface area contributed by atoms with Crippen LogP contribution in [0.25, 0.3) is 21.7 Å². The van der Waals surface area contributed by atoms with E-state index in [4.69, 9.17) is 21.9 Å². The van der Waals surface area contributed by atoms with Gasteiger partial charge in [-0.05, 0) is 55.7 Å². The minimum atomic E-state index is -0.224. The van der Waals surface area contributed by atoms with Crippen LogP contribution in [0.1, 0.15) is 27.2 Å². The fourth-order valence-corrected chi connectivity index (χ4v) is 5.77. The molecule has 2 heterocycles. The van der Waals surface area contributed by atoms with Crippen LogP contribution < -0.4 is 15.6 Å². The molecule has 0 unspecified atom stereocenters. The summed E-state index contributed by atoms with van der Waals surface area (Å²) < 4.78 is 10.1. The Labute approximate surface area is 223 Å². The van der Waals surface area contributed by atoms with Crippen LogP contribution >= 0.6 is 35.3 Å². The number of rotatable bonds is 10. The molecule has 10 heteroatoms. The van der Waals surface area contributed by atoms with Gasteiger partial charge >= 0.3 is 0 Å². The van der Waals surface area contributed by atoms with Crippen LogP contribution in [0, 0.1) is 9.87 Å². The number of amides is 1. The first-order valence-electron chi connectivity index (χ1n) is 11.8. The molecule has 0 radical (unpaired) electrons. The highest BCUT2D eigenvalue weighted by Gasteiger charge is 2.21. The average Bonchev–Trinajstić information content (AvgIpc) is 3.19. The van der Waals surface area contributed by atoms with Gasteiger partial charge in [0.25, 0.3) is 5.56 Å². The molecule has 7 nitrogen and oxygen atoms in total. The zero-order valence-electron chi connectivity index (χ0n) is 20.4. The van der Waals surface area contributed by atoms with Gasteiger partial charge in [-0.1, -0.05) is 67.3 Å². The van der Waals surface area contributed by atoms with Crippen molar-refractivity contribution in [1.29, 1.82) is 0 Å². The molecule has 2 aromatic heterocycles. The largest absolute Gasteiger partial charge is 0.492 e. The molecule has 0 saturated carbocycles. The number of nitrogens with zero attached hydrogens (tertiary/aromatic N) is 3. The fourth-order valence-electron chi connectivity index (χ4n) is 3.65. The molecule has 2 aromatic carbocycles. The molecular formula is C26H28N4O3S3. The molecular weight excluding hydrogens is 513 g/mol. The number of thioether (sulfide) groups is 1. The third-order valence-electron chi connectivity index (χ3n) is 5.37. The third-order valence-corrected chi connectivity index (χ3v) is 7.66. The lowest BCUT2D eigenvalue weighted by molar-refractivity contribution is -0.118. The Bertz CT molecular complexity index is 1480. The molecule has 4 aromatic rings. The van der Waals surface area contributed by atoms with Gasteiger partial charge in [0.2, 0.25) is 5.91 Å². The standard InChI is InChI=1S/C26H28N4O3S3/c1-4-33-20-13-9-8-12-19(20)30-23-22(36-26(30)34)24(32)29(18-10-6-5-7-11-18)25(28-23)35-16-21(31)27-15-14-17(2)3/h5-13,17H,4,14-16H2,1-3H3,(H,27,31). The Morgan fingerprint density at radius 3 is 2.58 bits per heavy atom. The summed E-state index contributed by atoms with van der Waals surface area (Å²) in [5.74, 6) is 1.21. The van der Waals surface area contributed by atoms with Crippen LogP contribution in [0.15, 0.2) is 64.5 Å². The molecule has 1 amide bonds. The summed E-state index contributed by atoms with van der Waals surface area (Å²) in [4.78, 5) is 31.2. The Hall–Kier alpha value is -2.95. The van der Waals surface area contributed by atoms with E-state index in [9.17, 15) is 9.59 Å². The van der Waals surface area contributed by atoms with Crippen LogP contribution in [0.3, 0.4) is 0 Å². The lowest BCUT2D eigenvalue weighted by Crippen LogP contribution is -2.28. The van der Waals surface area contributed by atoms with Crippen molar-refractivity contribution in [3.05, 3.63) is 68.9 Å². The molecule has 0 fully saturated rings. The number of benzene rings is 2. The normalized spacial score (nSPS) is 11.2. The minimum Gasteiger partial charge on any atom is -0.492 e.